The van der Waals surface area contributed by atoms with Crippen LogP contribution in [-0.4, -0.2) is 16.0 Å². The third-order valence-corrected chi connectivity index (χ3v) is 6.15. The fourth-order valence-corrected chi connectivity index (χ4v) is 4.57. The summed E-state index contributed by atoms with van der Waals surface area (Å²) in [7, 11) is -4.39. The molecule has 5 rings (SSSR count). The highest BCUT2D eigenvalue weighted by molar-refractivity contribution is 7.47. The van der Waals surface area contributed by atoms with Crippen molar-refractivity contribution in [3.8, 4) is 5.75 Å². The molecule has 31 heavy (non-hydrogen) atoms. The molecule has 0 heterocycles. The maximum Gasteiger partial charge on any atom is 0.527 e. The van der Waals surface area contributed by atoms with Crippen molar-refractivity contribution in [2.45, 2.75) is 6.61 Å². The van der Waals surface area contributed by atoms with Gasteiger partial charge in [-0.25, -0.2) is 9.36 Å². The Morgan fingerprint density at radius 3 is 1.94 bits per heavy atom. The van der Waals surface area contributed by atoms with Crippen molar-refractivity contribution in [2.24, 2.45) is 0 Å². The maximum atomic E-state index is 12.5. The summed E-state index contributed by atoms with van der Waals surface area (Å²) < 4.78 is 22.9. The lowest BCUT2D eigenvalue weighted by Crippen LogP contribution is -2.00. The number of hydrogen-bond donors (Lipinski definition) is 2. The number of aromatic carboxylic acids is 1. The number of carboxylic acids is 1. The predicted molar refractivity (Wildman–Crippen MR) is 119 cm³/mol. The largest absolute Gasteiger partial charge is 0.527 e. The molecule has 0 bridgehead atoms. The predicted octanol–water partition coefficient (Wildman–Crippen LogP) is 5.98. The molecule has 0 aliphatic carbocycles. The highest BCUT2D eigenvalue weighted by Crippen LogP contribution is 2.46. The van der Waals surface area contributed by atoms with E-state index in [1.807, 2.05) is 30.3 Å². The molecule has 1 atom stereocenters. The molecular formula is C24H17O6P. The number of hydrogen-bond acceptors (Lipinski definition) is 4. The Morgan fingerprint density at radius 2 is 1.35 bits per heavy atom. The summed E-state index contributed by atoms with van der Waals surface area (Å²) in [5.74, 6) is -0.809. The van der Waals surface area contributed by atoms with Crippen LogP contribution < -0.4 is 4.52 Å². The van der Waals surface area contributed by atoms with Crippen LogP contribution in [0.5, 0.6) is 5.75 Å². The summed E-state index contributed by atoms with van der Waals surface area (Å²) >= 11 is 0. The molecule has 0 aliphatic heterocycles. The Hall–Kier alpha value is -3.44. The number of benzene rings is 5. The molecule has 5 aromatic carbocycles. The minimum Gasteiger partial charge on any atom is -0.478 e. The summed E-state index contributed by atoms with van der Waals surface area (Å²) in [6.45, 7) is -0.192. The van der Waals surface area contributed by atoms with Crippen LogP contribution in [0.25, 0.3) is 32.3 Å². The Labute approximate surface area is 177 Å². The maximum absolute atomic E-state index is 12.5. The smallest absolute Gasteiger partial charge is 0.478 e. The molecule has 0 spiro atoms. The van der Waals surface area contributed by atoms with Crippen molar-refractivity contribution in [1.82, 2.24) is 0 Å². The lowest BCUT2D eigenvalue weighted by molar-refractivity contribution is 0.0696. The molecule has 0 aromatic heterocycles. The van der Waals surface area contributed by atoms with Crippen molar-refractivity contribution in [3.05, 3.63) is 90.0 Å². The number of carbonyl (C=O) groups is 1. The van der Waals surface area contributed by atoms with Gasteiger partial charge in [0, 0.05) is 0 Å². The third-order valence-electron chi connectivity index (χ3n) is 5.25. The van der Waals surface area contributed by atoms with Gasteiger partial charge in [0.1, 0.15) is 5.75 Å². The van der Waals surface area contributed by atoms with Crippen molar-refractivity contribution < 1.29 is 28.4 Å². The molecule has 0 radical (unpaired) electrons. The van der Waals surface area contributed by atoms with Crippen molar-refractivity contribution in [3.63, 3.8) is 0 Å². The monoisotopic (exact) mass is 432 g/mol. The lowest BCUT2D eigenvalue weighted by atomic mass is 9.94. The molecule has 6 nitrogen and oxygen atoms in total. The molecule has 0 aliphatic rings. The first-order valence-corrected chi connectivity index (χ1v) is 11.1. The second kappa shape index (κ2) is 7.36. The average Bonchev–Trinajstić information content (AvgIpc) is 2.76. The highest BCUT2D eigenvalue weighted by Gasteiger charge is 2.24. The van der Waals surface area contributed by atoms with Crippen LogP contribution in [0.3, 0.4) is 0 Å². The van der Waals surface area contributed by atoms with Gasteiger partial charge < -0.3 is 9.63 Å². The first kappa shape index (κ1) is 19.5. The van der Waals surface area contributed by atoms with Crippen LogP contribution in [0.2, 0.25) is 0 Å². The quantitative estimate of drug-likeness (QED) is 0.253. The molecule has 1 unspecified atom stereocenters. The van der Waals surface area contributed by atoms with Crippen molar-refractivity contribution in [1.29, 1.82) is 0 Å². The SMILES string of the molecule is O=C(O)c1ccc(COP(=O)(O)Oc2cc3ccc4cccc5ccc(c2)c3c45)cc1. The molecule has 2 N–H and O–H groups in total. The van der Waals surface area contributed by atoms with Gasteiger partial charge in [0.25, 0.3) is 0 Å². The van der Waals surface area contributed by atoms with Crippen molar-refractivity contribution in [2.75, 3.05) is 0 Å². The van der Waals surface area contributed by atoms with E-state index in [1.165, 1.54) is 24.3 Å². The molecule has 7 heteroatoms. The molecule has 0 fully saturated rings. The second-order valence-electron chi connectivity index (χ2n) is 7.29. The van der Waals surface area contributed by atoms with E-state index in [-0.39, 0.29) is 17.9 Å². The molecule has 0 saturated carbocycles. The summed E-state index contributed by atoms with van der Waals surface area (Å²) in [6.07, 6.45) is 0. The van der Waals surface area contributed by atoms with Gasteiger partial charge in [0.05, 0.1) is 12.2 Å². The normalized spacial score (nSPS) is 13.6. The molecular weight excluding hydrogens is 415 g/mol. The zero-order valence-corrected chi connectivity index (χ0v) is 17.1. The van der Waals surface area contributed by atoms with Gasteiger partial charge in [-0.05, 0) is 62.1 Å². The second-order valence-corrected chi connectivity index (χ2v) is 8.67. The summed E-state index contributed by atoms with van der Waals surface area (Å²) in [6, 6.07) is 23.4. The van der Waals surface area contributed by atoms with Crippen molar-refractivity contribution >= 4 is 46.1 Å². The van der Waals surface area contributed by atoms with E-state index in [1.54, 1.807) is 12.1 Å². The lowest BCUT2D eigenvalue weighted by Gasteiger charge is -2.16. The Bertz CT molecular complexity index is 1410. The van der Waals surface area contributed by atoms with Gasteiger partial charge in [-0.2, -0.15) is 0 Å². The van der Waals surface area contributed by atoms with Gasteiger partial charge >= 0.3 is 13.8 Å². The van der Waals surface area contributed by atoms with E-state index in [4.69, 9.17) is 14.2 Å². The summed E-state index contributed by atoms with van der Waals surface area (Å²) in [5.41, 5.74) is 0.680. The summed E-state index contributed by atoms with van der Waals surface area (Å²) in [4.78, 5) is 21.1. The van der Waals surface area contributed by atoms with E-state index in [0.717, 1.165) is 32.3 Å². The first-order valence-electron chi connectivity index (χ1n) is 9.56. The highest BCUT2D eigenvalue weighted by atomic mass is 31.2. The van der Waals surface area contributed by atoms with E-state index in [0.29, 0.717) is 5.56 Å². The Balaban J connectivity index is 1.41. The molecule has 0 saturated heterocycles. The fraction of sp³-hybridized carbons (Fsp3) is 0.0417. The van der Waals surface area contributed by atoms with Crippen LogP contribution in [0.1, 0.15) is 15.9 Å². The van der Waals surface area contributed by atoms with Gasteiger partial charge in [-0.1, -0.05) is 54.6 Å². The minimum absolute atomic E-state index is 0.126. The molecule has 154 valence electrons. The van der Waals surface area contributed by atoms with Crippen LogP contribution in [0, 0.1) is 0 Å². The number of phosphoric acid groups is 1. The Morgan fingerprint density at radius 1 is 0.806 bits per heavy atom. The zero-order valence-electron chi connectivity index (χ0n) is 16.2. The minimum atomic E-state index is -4.39. The van der Waals surface area contributed by atoms with E-state index < -0.39 is 13.8 Å². The summed E-state index contributed by atoms with van der Waals surface area (Å²) in [5, 5.41) is 15.2. The zero-order chi connectivity index (χ0) is 21.6. The van der Waals surface area contributed by atoms with E-state index in [9.17, 15) is 14.3 Å². The fourth-order valence-electron chi connectivity index (χ4n) is 3.84. The van der Waals surface area contributed by atoms with Gasteiger partial charge in [0.2, 0.25) is 0 Å². The van der Waals surface area contributed by atoms with Gasteiger partial charge in [-0.3, -0.25) is 9.42 Å². The molecule has 0 amide bonds. The number of carboxylic acid groups (broad SMARTS) is 1. The topological polar surface area (TPSA) is 93.1 Å². The van der Waals surface area contributed by atoms with Crippen LogP contribution in [0.15, 0.2) is 78.9 Å². The first-order chi connectivity index (χ1) is 14.9. The third kappa shape index (κ3) is 3.73. The Kier molecular flexibility index (Phi) is 4.63. The van der Waals surface area contributed by atoms with Crippen LogP contribution in [-0.2, 0) is 15.7 Å². The van der Waals surface area contributed by atoms with Gasteiger partial charge in [0.15, 0.2) is 0 Å². The van der Waals surface area contributed by atoms with E-state index >= 15 is 0 Å². The molecule has 5 aromatic rings. The number of phosphoric ester groups is 1. The van der Waals surface area contributed by atoms with Crippen LogP contribution >= 0.6 is 7.82 Å². The standard InChI is InChI=1S/C24H17O6P/c25-24(26)18-6-4-15(5-7-18)14-29-31(27,28)30-21-12-19-10-8-16-2-1-3-17-9-11-20(13-21)23(19)22(16)17/h1-13H,14H2,(H,25,26)(H,27,28). The van der Waals surface area contributed by atoms with E-state index in [2.05, 4.69) is 12.1 Å². The van der Waals surface area contributed by atoms with Gasteiger partial charge in [-0.15, -0.1) is 0 Å². The van der Waals surface area contributed by atoms with Crippen LogP contribution in [0.4, 0.5) is 0 Å². The number of rotatable bonds is 6. The average molecular weight is 432 g/mol.